The molecule has 1 aliphatic rings. The Morgan fingerprint density at radius 1 is 1.24 bits per heavy atom. The van der Waals surface area contributed by atoms with Gasteiger partial charge in [0.1, 0.15) is 0 Å². The van der Waals surface area contributed by atoms with Crippen molar-refractivity contribution in [3.05, 3.63) is 29.8 Å². The van der Waals surface area contributed by atoms with Crippen LogP contribution in [0.25, 0.3) is 0 Å². The highest BCUT2D eigenvalue weighted by molar-refractivity contribution is 5.78. The SMILES string of the molecule is Cc1cccc(N2CCN(C(N)=NN)CC2)c1. The van der Waals surface area contributed by atoms with E-state index in [1.165, 1.54) is 11.3 Å². The van der Waals surface area contributed by atoms with Crippen molar-refractivity contribution in [2.75, 3.05) is 31.1 Å². The molecule has 1 fully saturated rings. The maximum absolute atomic E-state index is 5.69. The number of benzene rings is 1. The first-order valence-electron chi connectivity index (χ1n) is 5.80. The second-order valence-electron chi connectivity index (χ2n) is 4.30. The lowest BCUT2D eigenvalue weighted by molar-refractivity contribution is 0.381. The number of hydrogen-bond donors (Lipinski definition) is 2. The quantitative estimate of drug-likeness (QED) is 0.317. The van der Waals surface area contributed by atoms with Crippen LogP contribution in [0.2, 0.25) is 0 Å². The Hall–Kier alpha value is -1.91. The number of rotatable bonds is 1. The molecule has 0 amide bonds. The number of anilines is 1. The van der Waals surface area contributed by atoms with E-state index in [2.05, 4.69) is 41.2 Å². The molecular weight excluding hydrogens is 214 g/mol. The Kier molecular flexibility index (Phi) is 3.37. The fraction of sp³-hybridized carbons (Fsp3) is 0.417. The molecule has 1 saturated heterocycles. The number of aryl methyl sites for hydroxylation is 1. The van der Waals surface area contributed by atoms with Crippen molar-refractivity contribution in [1.82, 2.24) is 4.90 Å². The van der Waals surface area contributed by atoms with Crippen molar-refractivity contribution in [2.45, 2.75) is 6.92 Å². The number of hydrogen-bond acceptors (Lipinski definition) is 3. The van der Waals surface area contributed by atoms with Crippen molar-refractivity contribution in [3.8, 4) is 0 Å². The van der Waals surface area contributed by atoms with Gasteiger partial charge in [0.2, 0.25) is 5.96 Å². The molecule has 0 spiro atoms. The van der Waals surface area contributed by atoms with Gasteiger partial charge in [0.05, 0.1) is 0 Å². The van der Waals surface area contributed by atoms with E-state index in [9.17, 15) is 0 Å². The van der Waals surface area contributed by atoms with Crippen LogP contribution < -0.4 is 16.5 Å². The highest BCUT2D eigenvalue weighted by atomic mass is 15.4. The smallest absolute Gasteiger partial charge is 0.213 e. The molecule has 0 radical (unpaired) electrons. The largest absolute Gasteiger partial charge is 0.368 e. The minimum atomic E-state index is 0.425. The summed E-state index contributed by atoms with van der Waals surface area (Å²) in [6, 6.07) is 8.55. The molecule has 0 atom stereocenters. The Balaban J connectivity index is 2.00. The molecule has 2 rings (SSSR count). The highest BCUT2D eigenvalue weighted by Gasteiger charge is 2.18. The predicted octanol–water partition coefficient (Wildman–Crippen LogP) is 0.305. The van der Waals surface area contributed by atoms with Gasteiger partial charge in [-0.3, -0.25) is 0 Å². The first kappa shape index (κ1) is 11.6. The van der Waals surface area contributed by atoms with Gasteiger partial charge in [0.25, 0.3) is 0 Å². The van der Waals surface area contributed by atoms with Crippen LogP contribution in [0.5, 0.6) is 0 Å². The lowest BCUT2D eigenvalue weighted by Crippen LogP contribution is -2.51. The van der Waals surface area contributed by atoms with Gasteiger partial charge < -0.3 is 21.4 Å². The molecule has 1 aliphatic heterocycles. The third-order valence-electron chi connectivity index (χ3n) is 3.10. The molecule has 1 aromatic carbocycles. The van der Waals surface area contributed by atoms with Crippen molar-refractivity contribution in [2.24, 2.45) is 16.7 Å². The summed E-state index contributed by atoms with van der Waals surface area (Å²) in [6.07, 6.45) is 0. The van der Waals surface area contributed by atoms with E-state index in [1.54, 1.807) is 0 Å². The summed E-state index contributed by atoms with van der Waals surface area (Å²) in [4.78, 5) is 4.36. The first-order valence-corrected chi connectivity index (χ1v) is 5.80. The zero-order valence-electron chi connectivity index (χ0n) is 10.1. The van der Waals surface area contributed by atoms with Gasteiger partial charge in [-0.15, -0.1) is 5.10 Å². The maximum Gasteiger partial charge on any atom is 0.213 e. The monoisotopic (exact) mass is 233 g/mol. The standard InChI is InChI=1S/C12H19N5/c1-10-3-2-4-11(9-10)16-5-7-17(8-6-16)12(13)15-14/h2-4,9H,5-8,14H2,1H3,(H2,13,15). The molecule has 5 heteroatoms. The zero-order valence-corrected chi connectivity index (χ0v) is 10.1. The molecule has 4 N–H and O–H groups in total. The van der Waals surface area contributed by atoms with E-state index in [0.29, 0.717) is 5.96 Å². The van der Waals surface area contributed by atoms with E-state index in [-0.39, 0.29) is 0 Å². The summed E-state index contributed by atoms with van der Waals surface area (Å²) in [6.45, 7) is 5.72. The lowest BCUT2D eigenvalue weighted by Gasteiger charge is -2.36. The number of nitrogens with two attached hydrogens (primary N) is 2. The molecule has 0 saturated carbocycles. The second-order valence-corrected chi connectivity index (χ2v) is 4.30. The molecule has 0 aliphatic carbocycles. The molecular formula is C12H19N5. The van der Waals surface area contributed by atoms with Crippen LogP contribution >= 0.6 is 0 Å². The van der Waals surface area contributed by atoms with E-state index in [1.807, 2.05) is 4.90 Å². The number of nitrogens with zero attached hydrogens (tertiary/aromatic N) is 3. The summed E-state index contributed by atoms with van der Waals surface area (Å²) in [5.74, 6) is 5.60. The fourth-order valence-electron chi connectivity index (χ4n) is 2.10. The number of piperazine rings is 1. The summed E-state index contributed by atoms with van der Waals surface area (Å²) in [7, 11) is 0. The van der Waals surface area contributed by atoms with E-state index < -0.39 is 0 Å². The maximum atomic E-state index is 5.69. The summed E-state index contributed by atoms with van der Waals surface area (Å²) < 4.78 is 0. The first-order chi connectivity index (χ1) is 8.20. The van der Waals surface area contributed by atoms with Gasteiger partial charge in [0, 0.05) is 31.9 Å². The van der Waals surface area contributed by atoms with Gasteiger partial charge in [-0.05, 0) is 24.6 Å². The molecule has 1 heterocycles. The van der Waals surface area contributed by atoms with Crippen LogP contribution in [0.4, 0.5) is 5.69 Å². The van der Waals surface area contributed by atoms with Gasteiger partial charge in [-0.2, -0.15) is 0 Å². The van der Waals surface area contributed by atoms with Gasteiger partial charge in [-0.25, -0.2) is 0 Å². The van der Waals surface area contributed by atoms with Gasteiger partial charge in [-0.1, -0.05) is 12.1 Å². The van der Waals surface area contributed by atoms with Crippen LogP contribution in [-0.4, -0.2) is 37.0 Å². The predicted molar refractivity (Wildman–Crippen MR) is 70.8 cm³/mol. The van der Waals surface area contributed by atoms with Crippen LogP contribution in [0.3, 0.4) is 0 Å². The Morgan fingerprint density at radius 3 is 2.53 bits per heavy atom. The van der Waals surface area contributed by atoms with Crippen LogP contribution in [0.1, 0.15) is 5.56 Å². The minimum absolute atomic E-state index is 0.425. The van der Waals surface area contributed by atoms with E-state index >= 15 is 0 Å². The molecule has 0 bridgehead atoms. The number of guanidine groups is 1. The highest BCUT2D eigenvalue weighted by Crippen LogP contribution is 2.17. The average molecular weight is 233 g/mol. The Morgan fingerprint density at radius 2 is 1.94 bits per heavy atom. The van der Waals surface area contributed by atoms with Crippen molar-refractivity contribution < 1.29 is 0 Å². The van der Waals surface area contributed by atoms with E-state index in [4.69, 9.17) is 11.6 Å². The molecule has 17 heavy (non-hydrogen) atoms. The molecule has 92 valence electrons. The van der Waals surface area contributed by atoms with Crippen molar-refractivity contribution >= 4 is 11.6 Å². The average Bonchev–Trinajstić information content (AvgIpc) is 2.38. The van der Waals surface area contributed by atoms with Crippen LogP contribution in [0.15, 0.2) is 29.4 Å². The lowest BCUT2D eigenvalue weighted by atomic mass is 10.2. The summed E-state index contributed by atoms with van der Waals surface area (Å²) >= 11 is 0. The van der Waals surface area contributed by atoms with Crippen molar-refractivity contribution in [3.63, 3.8) is 0 Å². The normalized spacial score (nSPS) is 17.4. The summed E-state index contributed by atoms with van der Waals surface area (Å²) in [5, 5.41) is 3.53. The van der Waals surface area contributed by atoms with Crippen LogP contribution in [-0.2, 0) is 0 Å². The third kappa shape index (κ3) is 2.61. The zero-order chi connectivity index (χ0) is 12.3. The number of hydrazone groups is 1. The molecule has 1 aromatic rings. The van der Waals surface area contributed by atoms with Gasteiger partial charge >= 0.3 is 0 Å². The third-order valence-corrected chi connectivity index (χ3v) is 3.10. The Labute approximate surface area is 102 Å². The molecule has 5 nitrogen and oxygen atoms in total. The van der Waals surface area contributed by atoms with E-state index in [0.717, 1.165) is 26.2 Å². The molecule has 0 aromatic heterocycles. The van der Waals surface area contributed by atoms with Gasteiger partial charge in [0.15, 0.2) is 0 Å². The molecule has 0 unspecified atom stereocenters. The van der Waals surface area contributed by atoms with Crippen molar-refractivity contribution in [1.29, 1.82) is 0 Å². The Bertz CT molecular complexity index is 407. The fourth-order valence-corrected chi connectivity index (χ4v) is 2.10. The second kappa shape index (κ2) is 4.95. The summed E-state index contributed by atoms with van der Waals surface area (Å²) in [5.41, 5.74) is 8.24. The minimum Gasteiger partial charge on any atom is -0.368 e. The van der Waals surface area contributed by atoms with Crippen LogP contribution in [0, 0.1) is 6.92 Å². The topological polar surface area (TPSA) is 70.9 Å².